The molecule has 38 heavy (non-hydrogen) atoms. The molecule has 4 unspecified atom stereocenters. The molecule has 0 aliphatic carbocycles. The van der Waals surface area contributed by atoms with Crippen molar-refractivity contribution < 1.29 is 14.6 Å². The first-order chi connectivity index (χ1) is 18.5. The minimum atomic E-state index is 0.103. The lowest BCUT2D eigenvalue weighted by Crippen LogP contribution is -2.06. The average Bonchev–Trinajstić information content (AvgIpc) is 3.90. The molecule has 4 aromatic rings. The van der Waals surface area contributed by atoms with E-state index in [0.29, 0.717) is 11.9 Å². The zero-order valence-electron chi connectivity index (χ0n) is 23.0. The van der Waals surface area contributed by atoms with E-state index < -0.39 is 0 Å². The first kappa shape index (κ1) is 27.6. The molecule has 6 rings (SSSR count). The Morgan fingerprint density at radius 2 is 0.921 bits per heavy atom. The van der Waals surface area contributed by atoms with E-state index in [-0.39, 0.29) is 17.8 Å². The van der Waals surface area contributed by atoms with Gasteiger partial charge in [-0.25, -0.2) is 0 Å². The predicted octanol–water partition coefficient (Wildman–Crippen LogP) is 8.27. The highest BCUT2D eigenvalue weighted by atomic mass is 16.6. The summed E-state index contributed by atoms with van der Waals surface area (Å²) in [6, 6.07) is 35.9. The molecule has 2 aliphatic rings. The van der Waals surface area contributed by atoms with Gasteiger partial charge in [0, 0.05) is 28.9 Å². The zero-order valence-corrected chi connectivity index (χ0v) is 23.0. The summed E-state index contributed by atoms with van der Waals surface area (Å²) in [6.45, 7) is 11.6. The molecule has 0 saturated carbocycles. The molecule has 2 aliphatic heterocycles. The fourth-order valence-electron chi connectivity index (χ4n) is 4.49. The lowest BCUT2D eigenvalue weighted by Gasteiger charge is -2.24. The minimum absolute atomic E-state index is 0.103. The number of ether oxygens (including phenoxy) is 2. The van der Waals surface area contributed by atoms with Crippen molar-refractivity contribution in [2.24, 2.45) is 0 Å². The van der Waals surface area contributed by atoms with Gasteiger partial charge in [0.15, 0.2) is 0 Å². The number of hydrogen-bond acceptors (Lipinski definition) is 3. The first-order valence-electron chi connectivity index (χ1n) is 13.7. The van der Waals surface area contributed by atoms with E-state index in [9.17, 15) is 5.11 Å². The third-order valence-corrected chi connectivity index (χ3v) is 7.23. The summed E-state index contributed by atoms with van der Waals surface area (Å²) in [5, 5.41) is 11.4. The summed E-state index contributed by atoms with van der Waals surface area (Å²) in [6.07, 6.45) is 0.583. The Balaban J connectivity index is 0.000000415. The Labute approximate surface area is 228 Å². The summed E-state index contributed by atoms with van der Waals surface area (Å²) in [5.74, 6) is 0.860. The standard InChI is InChI=1S/C30H30O.C3H6O.C2H4O/c1-21(24-13-7-4-8-14-24)27-19-28(22(2)25-15-9-5-10-16-25)30(31)29(20-27)23(3)26-17-11-6-12-18-26;1-3-2-4-3;1-2-3-1/h4-23,31H,1-3H3;3H,2H2,1H3;1-2H2. The molecule has 4 aromatic carbocycles. The normalized spacial score (nSPS) is 17.5. The van der Waals surface area contributed by atoms with Crippen molar-refractivity contribution >= 4 is 0 Å². The van der Waals surface area contributed by atoms with Crippen LogP contribution in [0.2, 0.25) is 0 Å². The van der Waals surface area contributed by atoms with Crippen LogP contribution in [0.5, 0.6) is 5.75 Å². The summed E-state index contributed by atoms with van der Waals surface area (Å²) in [4.78, 5) is 0. The Bertz CT molecular complexity index is 1180. The van der Waals surface area contributed by atoms with E-state index in [4.69, 9.17) is 4.74 Å². The monoisotopic (exact) mass is 508 g/mol. The van der Waals surface area contributed by atoms with Crippen LogP contribution < -0.4 is 0 Å². The van der Waals surface area contributed by atoms with Crippen molar-refractivity contribution in [3.8, 4) is 5.75 Å². The van der Waals surface area contributed by atoms with Gasteiger partial charge in [0.1, 0.15) is 5.75 Å². The molecule has 3 nitrogen and oxygen atoms in total. The van der Waals surface area contributed by atoms with Crippen molar-refractivity contribution in [3.63, 3.8) is 0 Å². The van der Waals surface area contributed by atoms with Gasteiger partial charge in [-0.2, -0.15) is 0 Å². The van der Waals surface area contributed by atoms with Crippen LogP contribution in [-0.4, -0.2) is 31.0 Å². The summed E-state index contributed by atoms with van der Waals surface area (Å²) in [7, 11) is 0. The van der Waals surface area contributed by atoms with E-state index in [0.717, 1.165) is 30.9 Å². The zero-order chi connectivity index (χ0) is 26.9. The van der Waals surface area contributed by atoms with Crippen LogP contribution in [0.25, 0.3) is 0 Å². The number of phenolic OH excluding ortho intramolecular Hbond substituents is 1. The van der Waals surface area contributed by atoms with Crippen molar-refractivity contribution in [2.45, 2.75) is 51.6 Å². The third kappa shape index (κ3) is 7.80. The van der Waals surface area contributed by atoms with E-state index in [1.807, 2.05) is 12.1 Å². The smallest absolute Gasteiger partial charge is 0.123 e. The number of benzene rings is 4. The Kier molecular flexibility index (Phi) is 9.75. The fourth-order valence-corrected chi connectivity index (χ4v) is 4.49. The second-order valence-corrected chi connectivity index (χ2v) is 10.2. The molecule has 0 amide bonds. The molecular weight excluding hydrogens is 468 g/mol. The highest BCUT2D eigenvalue weighted by Crippen LogP contribution is 2.41. The van der Waals surface area contributed by atoms with Gasteiger partial charge < -0.3 is 14.6 Å². The topological polar surface area (TPSA) is 45.3 Å². The molecule has 0 spiro atoms. The van der Waals surface area contributed by atoms with Gasteiger partial charge >= 0.3 is 0 Å². The summed E-state index contributed by atoms with van der Waals surface area (Å²) >= 11 is 0. The summed E-state index contributed by atoms with van der Waals surface area (Å²) in [5.41, 5.74) is 6.92. The maximum Gasteiger partial charge on any atom is 0.123 e. The van der Waals surface area contributed by atoms with E-state index in [2.05, 4.69) is 123 Å². The Morgan fingerprint density at radius 1 is 0.605 bits per heavy atom. The molecule has 0 bridgehead atoms. The molecule has 4 atom stereocenters. The summed E-state index contributed by atoms with van der Waals surface area (Å²) < 4.78 is 9.21. The van der Waals surface area contributed by atoms with Gasteiger partial charge in [-0.3, -0.25) is 0 Å². The van der Waals surface area contributed by atoms with Crippen molar-refractivity contribution in [2.75, 3.05) is 19.8 Å². The maximum atomic E-state index is 11.4. The van der Waals surface area contributed by atoms with E-state index in [1.165, 1.54) is 22.3 Å². The lowest BCUT2D eigenvalue weighted by atomic mass is 9.82. The molecular formula is C35H40O3. The molecule has 1 N–H and O–H groups in total. The average molecular weight is 509 g/mol. The maximum absolute atomic E-state index is 11.4. The molecule has 2 heterocycles. The number of hydrogen-bond donors (Lipinski definition) is 1. The third-order valence-electron chi connectivity index (χ3n) is 7.23. The van der Waals surface area contributed by atoms with Crippen LogP contribution in [0.15, 0.2) is 103 Å². The minimum Gasteiger partial charge on any atom is -0.507 e. The highest BCUT2D eigenvalue weighted by molar-refractivity contribution is 5.53. The Morgan fingerprint density at radius 3 is 1.21 bits per heavy atom. The van der Waals surface area contributed by atoms with Crippen LogP contribution in [0.1, 0.15) is 78.8 Å². The highest BCUT2D eigenvalue weighted by Gasteiger charge is 2.23. The van der Waals surface area contributed by atoms with Crippen molar-refractivity contribution in [1.29, 1.82) is 0 Å². The lowest BCUT2D eigenvalue weighted by molar-refractivity contribution is 0.423. The quantitative estimate of drug-likeness (QED) is 0.267. The molecule has 3 heteroatoms. The number of rotatable bonds is 6. The fraction of sp³-hybridized carbons (Fsp3) is 0.314. The molecule has 2 fully saturated rings. The van der Waals surface area contributed by atoms with Crippen LogP contribution >= 0.6 is 0 Å². The number of phenols is 1. The van der Waals surface area contributed by atoms with Gasteiger partial charge in [-0.15, -0.1) is 0 Å². The largest absolute Gasteiger partial charge is 0.507 e. The predicted molar refractivity (Wildman–Crippen MR) is 156 cm³/mol. The van der Waals surface area contributed by atoms with Gasteiger partial charge in [0.05, 0.1) is 25.9 Å². The van der Waals surface area contributed by atoms with E-state index >= 15 is 0 Å². The van der Waals surface area contributed by atoms with E-state index in [1.54, 1.807) is 0 Å². The number of epoxide rings is 2. The van der Waals surface area contributed by atoms with Crippen molar-refractivity contribution in [3.05, 3.63) is 137 Å². The second kappa shape index (κ2) is 13.4. The van der Waals surface area contributed by atoms with Crippen LogP contribution in [0.3, 0.4) is 0 Å². The van der Waals surface area contributed by atoms with Gasteiger partial charge in [0.2, 0.25) is 0 Å². The molecule has 0 aromatic heterocycles. The second-order valence-electron chi connectivity index (χ2n) is 10.2. The number of aromatic hydroxyl groups is 1. The SMILES string of the molecule is C1CO1.CC(c1ccccc1)c1cc(C(C)c2ccccc2)c(O)c(C(C)c2ccccc2)c1.CC1CO1. The van der Waals surface area contributed by atoms with Crippen LogP contribution in [0, 0.1) is 0 Å². The molecule has 0 radical (unpaired) electrons. The van der Waals surface area contributed by atoms with Crippen LogP contribution in [-0.2, 0) is 9.47 Å². The molecule has 2 saturated heterocycles. The van der Waals surface area contributed by atoms with Gasteiger partial charge in [-0.1, -0.05) is 124 Å². The van der Waals surface area contributed by atoms with Gasteiger partial charge in [-0.05, 0) is 29.2 Å². The van der Waals surface area contributed by atoms with Crippen molar-refractivity contribution in [1.82, 2.24) is 0 Å². The van der Waals surface area contributed by atoms with Gasteiger partial charge in [0.25, 0.3) is 0 Å². The Hall–Kier alpha value is -3.40. The van der Waals surface area contributed by atoms with Crippen LogP contribution in [0.4, 0.5) is 0 Å². The molecule has 198 valence electrons. The first-order valence-corrected chi connectivity index (χ1v) is 13.7.